The topological polar surface area (TPSA) is 57.4 Å². The Bertz CT molecular complexity index is 954. The van der Waals surface area contributed by atoms with E-state index in [0.717, 1.165) is 42.5 Å². The lowest BCUT2D eigenvalue weighted by Crippen LogP contribution is -2.01. The predicted octanol–water partition coefficient (Wildman–Crippen LogP) is 5.16. The molecule has 1 aromatic heterocycles. The summed E-state index contributed by atoms with van der Waals surface area (Å²) in [7, 11) is 0. The molecule has 0 bridgehead atoms. The van der Waals surface area contributed by atoms with Crippen LogP contribution in [0.15, 0.2) is 48.8 Å². The Kier molecular flexibility index (Phi) is 5.64. The number of unbranched alkanes of at least 4 members (excludes halogenated alkanes) is 1. The van der Waals surface area contributed by atoms with Gasteiger partial charge in [0.1, 0.15) is 12.4 Å². The van der Waals surface area contributed by atoms with Gasteiger partial charge < -0.3 is 0 Å². The summed E-state index contributed by atoms with van der Waals surface area (Å²) >= 11 is 11.5. The van der Waals surface area contributed by atoms with Gasteiger partial charge in [-0.2, -0.15) is 5.26 Å². The van der Waals surface area contributed by atoms with E-state index in [0.29, 0.717) is 15.4 Å². The van der Waals surface area contributed by atoms with Crippen molar-refractivity contribution < 1.29 is 0 Å². The fourth-order valence-electron chi connectivity index (χ4n) is 2.87. The van der Waals surface area contributed by atoms with E-state index in [1.165, 1.54) is 0 Å². The van der Waals surface area contributed by atoms with E-state index < -0.39 is 0 Å². The number of nitrogens with one attached hydrogen (secondary N) is 1. The number of benzene rings is 2. The maximum Gasteiger partial charge on any atom is 0.215 e. The predicted molar refractivity (Wildman–Crippen MR) is 102 cm³/mol. The van der Waals surface area contributed by atoms with Crippen molar-refractivity contribution >= 4 is 23.8 Å². The lowest BCUT2D eigenvalue weighted by Gasteiger charge is -2.12. The number of halogens is 1. The average molecular weight is 369 g/mol. The Morgan fingerprint density at radius 1 is 1.16 bits per heavy atom. The quantitative estimate of drug-likeness (QED) is 0.483. The second-order valence-electron chi connectivity index (χ2n) is 5.71. The summed E-state index contributed by atoms with van der Waals surface area (Å²) in [6.45, 7) is 0.792. The molecular formula is C19H17ClN4S. The third kappa shape index (κ3) is 3.98. The molecule has 2 aromatic carbocycles. The minimum absolute atomic E-state index is 0.565. The van der Waals surface area contributed by atoms with Crippen molar-refractivity contribution in [2.75, 3.05) is 0 Å². The van der Waals surface area contributed by atoms with Gasteiger partial charge in [-0.05, 0) is 48.7 Å². The number of rotatable bonds is 6. The fourth-order valence-corrected chi connectivity index (χ4v) is 3.33. The fraction of sp³-hybridized carbons (Fsp3) is 0.211. The van der Waals surface area contributed by atoms with Crippen LogP contribution in [0.3, 0.4) is 0 Å². The minimum Gasteiger partial charge on any atom is -0.286 e. The molecule has 6 heteroatoms. The average Bonchev–Trinajstić information content (AvgIpc) is 3.05. The van der Waals surface area contributed by atoms with Gasteiger partial charge in [-0.15, -0.1) is 0 Å². The Morgan fingerprint density at radius 3 is 2.64 bits per heavy atom. The normalized spacial score (nSPS) is 10.6. The number of nitriles is 1. The molecule has 25 heavy (non-hydrogen) atoms. The maximum atomic E-state index is 9.69. The molecule has 1 N–H and O–H groups in total. The molecule has 0 unspecified atom stereocenters. The Morgan fingerprint density at radius 2 is 1.96 bits per heavy atom. The highest BCUT2D eigenvalue weighted by Gasteiger charge is 2.13. The van der Waals surface area contributed by atoms with Gasteiger partial charge in [-0.3, -0.25) is 9.78 Å². The Hall–Kier alpha value is -2.42. The standard InChI is InChI=1S/C19H17ClN4S/c20-17-10-9-14(6-4-5-11-24-19(25)22-13-23-24)16(12-21)18(17)15-7-2-1-3-8-15/h1-3,7-10,13H,4-6,11H2,(H,22,23,25). The van der Waals surface area contributed by atoms with Crippen LogP contribution < -0.4 is 0 Å². The zero-order valence-electron chi connectivity index (χ0n) is 13.6. The van der Waals surface area contributed by atoms with Crippen molar-refractivity contribution in [2.24, 2.45) is 0 Å². The van der Waals surface area contributed by atoms with Gasteiger partial charge in [0.05, 0.1) is 5.56 Å². The molecule has 0 amide bonds. The summed E-state index contributed by atoms with van der Waals surface area (Å²) in [4.78, 5) is 4.00. The molecule has 126 valence electrons. The Balaban J connectivity index is 1.77. The minimum atomic E-state index is 0.565. The molecule has 0 atom stereocenters. The highest BCUT2D eigenvalue weighted by molar-refractivity contribution is 7.71. The van der Waals surface area contributed by atoms with E-state index in [1.54, 1.807) is 6.33 Å². The number of hydrogen-bond acceptors (Lipinski definition) is 3. The monoisotopic (exact) mass is 368 g/mol. The first-order chi connectivity index (χ1) is 12.2. The third-order valence-corrected chi connectivity index (χ3v) is 4.75. The molecule has 0 fully saturated rings. The summed E-state index contributed by atoms with van der Waals surface area (Å²) in [6.07, 6.45) is 4.32. The first kappa shape index (κ1) is 17.4. The van der Waals surface area contributed by atoms with Crippen molar-refractivity contribution in [1.82, 2.24) is 14.8 Å². The highest BCUT2D eigenvalue weighted by Crippen LogP contribution is 2.33. The van der Waals surface area contributed by atoms with Crippen LogP contribution in [0.2, 0.25) is 5.02 Å². The molecule has 0 aliphatic carbocycles. The van der Waals surface area contributed by atoms with E-state index >= 15 is 0 Å². The van der Waals surface area contributed by atoms with Crippen molar-refractivity contribution in [2.45, 2.75) is 25.8 Å². The third-order valence-electron chi connectivity index (χ3n) is 4.11. The van der Waals surface area contributed by atoms with Crippen LogP contribution in [0.1, 0.15) is 24.0 Å². The maximum absolute atomic E-state index is 9.69. The van der Waals surface area contributed by atoms with E-state index in [-0.39, 0.29) is 0 Å². The smallest absolute Gasteiger partial charge is 0.215 e. The van der Waals surface area contributed by atoms with Crippen molar-refractivity contribution in [3.05, 3.63) is 69.7 Å². The van der Waals surface area contributed by atoms with Crippen molar-refractivity contribution in [3.63, 3.8) is 0 Å². The molecule has 0 spiro atoms. The molecule has 0 saturated heterocycles. The molecule has 0 aliphatic rings. The molecule has 4 nitrogen and oxygen atoms in total. The van der Waals surface area contributed by atoms with Crippen LogP contribution in [-0.2, 0) is 13.0 Å². The van der Waals surface area contributed by atoms with Crippen molar-refractivity contribution in [3.8, 4) is 17.2 Å². The first-order valence-electron chi connectivity index (χ1n) is 8.08. The van der Waals surface area contributed by atoms with Crippen LogP contribution in [0.5, 0.6) is 0 Å². The van der Waals surface area contributed by atoms with Gasteiger partial charge in [0.25, 0.3) is 0 Å². The zero-order valence-corrected chi connectivity index (χ0v) is 15.1. The zero-order chi connectivity index (χ0) is 17.6. The largest absolute Gasteiger partial charge is 0.286 e. The summed E-state index contributed by atoms with van der Waals surface area (Å²) in [5.41, 5.74) is 3.48. The summed E-state index contributed by atoms with van der Waals surface area (Å²) in [6, 6.07) is 16.0. The molecule has 3 aromatic rings. The number of hydrogen-bond donors (Lipinski definition) is 1. The van der Waals surface area contributed by atoms with Gasteiger partial charge in [-0.25, -0.2) is 4.98 Å². The van der Waals surface area contributed by atoms with Crippen LogP contribution in [-0.4, -0.2) is 14.8 Å². The van der Waals surface area contributed by atoms with Gasteiger partial charge in [0.15, 0.2) is 0 Å². The lowest BCUT2D eigenvalue weighted by atomic mass is 9.93. The molecule has 0 radical (unpaired) electrons. The number of aromatic nitrogens is 3. The second-order valence-corrected chi connectivity index (χ2v) is 6.49. The van der Waals surface area contributed by atoms with Gasteiger partial charge in [0, 0.05) is 17.1 Å². The van der Waals surface area contributed by atoms with E-state index in [1.807, 2.05) is 47.1 Å². The number of H-pyrrole nitrogens is 1. The summed E-state index contributed by atoms with van der Waals surface area (Å²) < 4.78 is 2.41. The van der Waals surface area contributed by atoms with Crippen LogP contribution in [0.4, 0.5) is 0 Å². The van der Waals surface area contributed by atoms with E-state index in [2.05, 4.69) is 16.2 Å². The van der Waals surface area contributed by atoms with E-state index in [9.17, 15) is 5.26 Å². The number of nitrogens with zero attached hydrogens (tertiary/aromatic N) is 3. The Labute approximate surface area is 156 Å². The summed E-state index contributed by atoms with van der Waals surface area (Å²) in [5, 5.41) is 13.3. The lowest BCUT2D eigenvalue weighted by molar-refractivity contribution is 0.550. The van der Waals surface area contributed by atoms with Gasteiger partial charge >= 0.3 is 0 Å². The molecular weight excluding hydrogens is 352 g/mol. The second kappa shape index (κ2) is 8.11. The first-order valence-corrected chi connectivity index (χ1v) is 8.86. The van der Waals surface area contributed by atoms with Crippen LogP contribution in [0, 0.1) is 16.1 Å². The highest BCUT2D eigenvalue weighted by atomic mass is 35.5. The molecule has 3 rings (SSSR count). The molecule has 0 aliphatic heterocycles. The van der Waals surface area contributed by atoms with Crippen molar-refractivity contribution in [1.29, 1.82) is 5.26 Å². The SMILES string of the molecule is N#Cc1c(CCCCn2[nH]cnc2=S)ccc(Cl)c1-c1ccccc1. The number of aromatic amines is 1. The van der Waals surface area contributed by atoms with E-state index in [4.69, 9.17) is 23.8 Å². The van der Waals surface area contributed by atoms with Crippen LogP contribution in [0.25, 0.3) is 11.1 Å². The molecule has 1 heterocycles. The molecule has 0 saturated carbocycles. The summed E-state index contributed by atoms with van der Waals surface area (Å²) in [5.74, 6) is 0. The van der Waals surface area contributed by atoms with Crippen LogP contribution >= 0.6 is 23.8 Å². The number of aryl methyl sites for hydroxylation is 2. The van der Waals surface area contributed by atoms with Gasteiger partial charge in [-0.1, -0.05) is 48.0 Å². The van der Waals surface area contributed by atoms with Gasteiger partial charge in [0.2, 0.25) is 4.77 Å².